The molecular formula is C18H20Cl2N2O4. The van der Waals surface area contributed by atoms with Gasteiger partial charge in [-0.25, -0.2) is 0 Å². The van der Waals surface area contributed by atoms with Crippen molar-refractivity contribution in [2.24, 2.45) is 0 Å². The Hall–Kier alpha value is -2.18. The first-order chi connectivity index (χ1) is 12.4. The van der Waals surface area contributed by atoms with Gasteiger partial charge in [-0.1, -0.05) is 23.2 Å². The molecule has 2 N–H and O–H groups in total. The van der Waals surface area contributed by atoms with Gasteiger partial charge in [0.25, 0.3) is 5.91 Å². The molecule has 0 aliphatic rings. The van der Waals surface area contributed by atoms with E-state index < -0.39 is 0 Å². The Bertz CT molecular complexity index is 789. The van der Waals surface area contributed by atoms with E-state index in [1.807, 2.05) is 0 Å². The minimum atomic E-state index is -0.338. The van der Waals surface area contributed by atoms with Gasteiger partial charge in [-0.15, -0.1) is 0 Å². The van der Waals surface area contributed by atoms with Gasteiger partial charge in [0.1, 0.15) is 17.3 Å². The van der Waals surface area contributed by atoms with Crippen molar-refractivity contribution in [2.75, 3.05) is 19.7 Å². The summed E-state index contributed by atoms with van der Waals surface area (Å²) in [5, 5.41) is 6.25. The van der Waals surface area contributed by atoms with E-state index in [-0.39, 0.29) is 18.4 Å². The first-order valence-electron chi connectivity index (χ1n) is 8.06. The van der Waals surface area contributed by atoms with Gasteiger partial charge in [-0.3, -0.25) is 9.59 Å². The van der Waals surface area contributed by atoms with E-state index in [1.54, 1.807) is 38.1 Å². The number of amides is 2. The summed E-state index contributed by atoms with van der Waals surface area (Å²) >= 11 is 11.8. The van der Waals surface area contributed by atoms with Gasteiger partial charge in [0.2, 0.25) is 5.91 Å². The van der Waals surface area contributed by atoms with Crippen LogP contribution in [0.4, 0.5) is 0 Å². The van der Waals surface area contributed by atoms with E-state index in [4.69, 9.17) is 32.4 Å². The molecule has 0 aliphatic carbocycles. The highest BCUT2D eigenvalue weighted by Crippen LogP contribution is 2.27. The van der Waals surface area contributed by atoms with E-state index in [0.29, 0.717) is 52.5 Å². The van der Waals surface area contributed by atoms with Gasteiger partial charge >= 0.3 is 0 Å². The molecule has 0 radical (unpaired) electrons. The van der Waals surface area contributed by atoms with Crippen LogP contribution >= 0.6 is 23.2 Å². The molecule has 6 nitrogen and oxygen atoms in total. The van der Waals surface area contributed by atoms with Crippen LogP contribution in [0.25, 0.3) is 0 Å². The number of hydrogen-bond acceptors (Lipinski definition) is 4. The Kier molecular flexibility index (Phi) is 7.36. The van der Waals surface area contributed by atoms with E-state index in [1.165, 1.54) is 0 Å². The van der Waals surface area contributed by atoms with Crippen LogP contribution in [-0.4, -0.2) is 31.5 Å². The van der Waals surface area contributed by atoms with Gasteiger partial charge < -0.3 is 19.8 Å². The van der Waals surface area contributed by atoms with Crippen molar-refractivity contribution in [3.63, 3.8) is 0 Å². The number of hydrogen-bond donors (Lipinski definition) is 2. The first-order valence-corrected chi connectivity index (χ1v) is 8.82. The number of ether oxygens (including phenoxy) is 1. The predicted octanol–water partition coefficient (Wildman–Crippen LogP) is 3.52. The lowest BCUT2D eigenvalue weighted by Crippen LogP contribution is -2.37. The molecule has 140 valence electrons. The van der Waals surface area contributed by atoms with Crippen molar-refractivity contribution in [2.45, 2.75) is 20.3 Å². The molecule has 0 aliphatic heterocycles. The van der Waals surface area contributed by atoms with E-state index in [2.05, 4.69) is 10.6 Å². The largest absolute Gasteiger partial charge is 0.492 e. The minimum absolute atomic E-state index is 0.105. The zero-order valence-electron chi connectivity index (χ0n) is 14.5. The minimum Gasteiger partial charge on any atom is -0.492 e. The first kappa shape index (κ1) is 20.1. The fourth-order valence-electron chi connectivity index (χ4n) is 2.25. The van der Waals surface area contributed by atoms with Crippen LogP contribution in [-0.2, 0) is 4.79 Å². The number of nitrogens with one attached hydrogen (secondary N) is 2. The number of furan rings is 1. The molecule has 1 aromatic carbocycles. The lowest BCUT2D eigenvalue weighted by molar-refractivity contribution is -0.120. The topological polar surface area (TPSA) is 80.6 Å². The SMILES string of the molecule is Cc1cc(C(=O)NCC(=O)NCCCOc2ccc(Cl)cc2Cl)c(C)o1. The molecule has 0 saturated heterocycles. The average Bonchev–Trinajstić information content (AvgIpc) is 2.92. The molecule has 26 heavy (non-hydrogen) atoms. The quantitative estimate of drug-likeness (QED) is 0.666. The summed E-state index contributed by atoms with van der Waals surface area (Å²) in [4.78, 5) is 23.7. The van der Waals surface area contributed by atoms with Gasteiger partial charge in [-0.2, -0.15) is 0 Å². The molecule has 0 atom stereocenters. The number of halogens is 2. The van der Waals surface area contributed by atoms with Gasteiger partial charge in [0, 0.05) is 11.6 Å². The smallest absolute Gasteiger partial charge is 0.255 e. The molecule has 2 aromatic rings. The van der Waals surface area contributed by atoms with E-state index in [9.17, 15) is 9.59 Å². The van der Waals surface area contributed by atoms with E-state index in [0.717, 1.165) is 0 Å². The number of aryl methyl sites for hydroxylation is 2. The number of benzene rings is 1. The monoisotopic (exact) mass is 398 g/mol. The van der Waals surface area contributed by atoms with Crippen LogP contribution in [0.5, 0.6) is 5.75 Å². The lowest BCUT2D eigenvalue weighted by Gasteiger charge is -2.09. The summed E-state index contributed by atoms with van der Waals surface area (Å²) < 4.78 is 10.8. The van der Waals surface area contributed by atoms with Crippen molar-refractivity contribution >= 4 is 35.0 Å². The Morgan fingerprint density at radius 2 is 1.92 bits per heavy atom. The average molecular weight is 399 g/mol. The molecular weight excluding hydrogens is 379 g/mol. The predicted molar refractivity (Wildman–Crippen MR) is 100 cm³/mol. The highest BCUT2D eigenvalue weighted by atomic mass is 35.5. The maximum absolute atomic E-state index is 12.0. The lowest BCUT2D eigenvalue weighted by atomic mass is 10.2. The molecule has 0 saturated carbocycles. The van der Waals surface area contributed by atoms with Crippen LogP contribution in [0.3, 0.4) is 0 Å². The number of carbonyl (C=O) groups is 2. The van der Waals surface area contributed by atoms with Crippen LogP contribution in [0, 0.1) is 13.8 Å². The van der Waals surface area contributed by atoms with Crippen LogP contribution in [0.1, 0.15) is 28.3 Å². The second kappa shape index (κ2) is 9.50. The Morgan fingerprint density at radius 3 is 2.58 bits per heavy atom. The standard InChI is InChI=1S/C18H20Cl2N2O4/c1-11-8-14(12(2)26-11)18(24)22-10-17(23)21-6-3-7-25-16-5-4-13(19)9-15(16)20/h4-5,8-9H,3,6-7,10H2,1-2H3,(H,21,23)(H,22,24). The Morgan fingerprint density at radius 1 is 1.15 bits per heavy atom. The Labute approximate surface area is 161 Å². The zero-order chi connectivity index (χ0) is 19.1. The molecule has 0 spiro atoms. The van der Waals surface area contributed by atoms with Crippen molar-refractivity contribution in [1.82, 2.24) is 10.6 Å². The zero-order valence-corrected chi connectivity index (χ0v) is 16.0. The maximum atomic E-state index is 12.0. The van der Waals surface area contributed by atoms with Crippen molar-refractivity contribution < 1.29 is 18.7 Å². The maximum Gasteiger partial charge on any atom is 0.255 e. The summed E-state index contributed by atoms with van der Waals surface area (Å²) in [6.07, 6.45) is 0.596. The fourth-order valence-corrected chi connectivity index (χ4v) is 2.71. The van der Waals surface area contributed by atoms with Crippen molar-refractivity contribution in [3.05, 3.63) is 51.4 Å². The summed E-state index contributed by atoms with van der Waals surface area (Å²) in [5.41, 5.74) is 0.434. The highest BCUT2D eigenvalue weighted by Gasteiger charge is 2.14. The molecule has 1 heterocycles. The molecule has 0 unspecified atom stereocenters. The number of rotatable bonds is 8. The van der Waals surface area contributed by atoms with E-state index >= 15 is 0 Å². The Balaban J connectivity index is 1.63. The van der Waals surface area contributed by atoms with Gasteiger partial charge in [0.15, 0.2) is 0 Å². The summed E-state index contributed by atoms with van der Waals surface area (Å²) in [6.45, 7) is 4.17. The molecule has 0 fully saturated rings. The van der Waals surface area contributed by atoms with Gasteiger partial charge in [-0.05, 0) is 44.5 Å². The molecule has 8 heteroatoms. The highest BCUT2D eigenvalue weighted by molar-refractivity contribution is 6.35. The van der Waals surface area contributed by atoms with Gasteiger partial charge in [0.05, 0.1) is 23.7 Å². The van der Waals surface area contributed by atoms with Crippen molar-refractivity contribution in [3.8, 4) is 5.75 Å². The number of carbonyl (C=O) groups excluding carboxylic acids is 2. The molecule has 2 amide bonds. The van der Waals surface area contributed by atoms with Crippen molar-refractivity contribution in [1.29, 1.82) is 0 Å². The summed E-state index contributed by atoms with van der Waals surface area (Å²) in [6, 6.07) is 6.63. The summed E-state index contributed by atoms with van der Waals surface area (Å²) in [5.74, 6) is 1.10. The molecule has 0 bridgehead atoms. The van der Waals surface area contributed by atoms with Crippen LogP contribution in [0.2, 0.25) is 10.0 Å². The second-order valence-corrected chi connectivity index (χ2v) is 6.48. The third kappa shape index (κ3) is 5.97. The summed E-state index contributed by atoms with van der Waals surface area (Å²) in [7, 11) is 0. The van der Waals surface area contributed by atoms with Crippen LogP contribution < -0.4 is 15.4 Å². The van der Waals surface area contributed by atoms with Crippen LogP contribution in [0.15, 0.2) is 28.7 Å². The fraction of sp³-hybridized carbons (Fsp3) is 0.333. The molecule has 1 aromatic heterocycles. The second-order valence-electron chi connectivity index (χ2n) is 5.64. The third-order valence-electron chi connectivity index (χ3n) is 3.49. The normalized spacial score (nSPS) is 10.5. The third-order valence-corrected chi connectivity index (χ3v) is 4.02. The molecule has 2 rings (SSSR count).